The molecule has 1 aliphatic heterocycles. The van der Waals surface area contributed by atoms with Crippen LogP contribution in [0.4, 0.5) is 4.39 Å². The summed E-state index contributed by atoms with van der Waals surface area (Å²) in [7, 11) is -3.88. The second-order valence-corrected chi connectivity index (χ2v) is 6.20. The van der Waals surface area contributed by atoms with Crippen LogP contribution in [0.25, 0.3) is 0 Å². The number of ether oxygens (including phenoxy) is 1. The van der Waals surface area contributed by atoms with E-state index < -0.39 is 27.4 Å². The van der Waals surface area contributed by atoms with E-state index in [0.29, 0.717) is 6.61 Å². The highest BCUT2D eigenvalue weighted by Gasteiger charge is 2.22. The Bertz CT molecular complexity index is 610. The lowest BCUT2D eigenvalue weighted by Gasteiger charge is -2.11. The highest BCUT2D eigenvalue weighted by molar-refractivity contribution is 7.89. The van der Waals surface area contributed by atoms with Crippen LogP contribution in [0.5, 0.6) is 0 Å². The van der Waals surface area contributed by atoms with Crippen LogP contribution in [0.3, 0.4) is 0 Å². The molecule has 2 N–H and O–H groups in total. The summed E-state index contributed by atoms with van der Waals surface area (Å²) < 4.78 is 44.8. The van der Waals surface area contributed by atoms with Gasteiger partial charge in [-0.05, 0) is 31.0 Å². The van der Waals surface area contributed by atoms with E-state index in [0.717, 1.165) is 31.0 Å². The van der Waals surface area contributed by atoms with Crippen molar-refractivity contribution in [2.24, 2.45) is 0 Å². The maximum absolute atomic E-state index is 13.2. The maximum atomic E-state index is 13.2. The Labute approximate surface area is 115 Å². The molecular weight excluding hydrogens is 289 g/mol. The first-order chi connectivity index (χ1) is 9.40. The van der Waals surface area contributed by atoms with Crippen molar-refractivity contribution in [3.63, 3.8) is 0 Å². The quantitative estimate of drug-likeness (QED) is 0.846. The molecule has 6 nitrogen and oxygen atoms in total. The largest absolute Gasteiger partial charge is 0.478 e. The van der Waals surface area contributed by atoms with Crippen molar-refractivity contribution in [3.8, 4) is 0 Å². The zero-order valence-corrected chi connectivity index (χ0v) is 11.3. The van der Waals surface area contributed by atoms with Gasteiger partial charge in [-0.3, -0.25) is 0 Å². The van der Waals surface area contributed by atoms with E-state index in [2.05, 4.69) is 4.72 Å². The molecule has 8 heteroatoms. The third-order valence-corrected chi connectivity index (χ3v) is 4.42. The smallest absolute Gasteiger partial charge is 0.338 e. The van der Waals surface area contributed by atoms with E-state index in [1.54, 1.807) is 0 Å². The molecule has 2 rings (SSSR count). The third kappa shape index (κ3) is 3.33. The van der Waals surface area contributed by atoms with Gasteiger partial charge in [0.1, 0.15) is 5.82 Å². The van der Waals surface area contributed by atoms with Gasteiger partial charge in [0.2, 0.25) is 10.0 Å². The highest BCUT2D eigenvalue weighted by Crippen LogP contribution is 2.16. The number of carbonyl (C=O) groups is 1. The molecule has 0 bridgehead atoms. The summed E-state index contributed by atoms with van der Waals surface area (Å²) in [4.78, 5) is 10.5. The van der Waals surface area contributed by atoms with Crippen molar-refractivity contribution in [1.82, 2.24) is 4.72 Å². The van der Waals surface area contributed by atoms with Crippen molar-refractivity contribution in [2.45, 2.75) is 23.8 Å². The molecule has 0 spiro atoms. The minimum atomic E-state index is -3.88. The minimum Gasteiger partial charge on any atom is -0.478 e. The Morgan fingerprint density at radius 1 is 1.50 bits per heavy atom. The lowest BCUT2D eigenvalue weighted by molar-refractivity contribution is 0.0691. The van der Waals surface area contributed by atoms with E-state index in [-0.39, 0.29) is 17.5 Å². The number of carboxylic acids is 1. The van der Waals surface area contributed by atoms with Gasteiger partial charge in [0, 0.05) is 13.2 Å². The summed E-state index contributed by atoms with van der Waals surface area (Å²) in [5.74, 6) is -2.49. The number of hydrogen-bond donors (Lipinski definition) is 2. The van der Waals surface area contributed by atoms with Gasteiger partial charge in [-0.1, -0.05) is 0 Å². The maximum Gasteiger partial charge on any atom is 0.338 e. The topological polar surface area (TPSA) is 92.7 Å². The number of carboxylic acid groups (broad SMARTS) is 1. The summed E-state index contributed by atoms with van der Waals surface area (Å²) >= 11 is 0. The van der Waals surface area contributed by atoms with E-state index in [9.17, 15) is 17.6 Å². The summed E-state index contributed by atoms with van der Waals surface area (Å²) in [6.45, 7) is 0.716. The van der Waals surface area contributed by atoms with Gasteiger partial charge in [-0.2, -0.15) is 0 Å². The Hall–Kier alpha value is -1.51. The Morgan fingerprint density at radius 2 is 2.25 bits per heavy atom. The van der Waals surface area contributed by atoms with E-state index in [4.69, 9.17) is 9.84 Å². The van der Waals surface area contributed by atoms with Crippen LogP contribution in [-0.4, -0.2) is 38.7 Å². The molecule has 1 fully saturated rings. The van der Waals surface area contributed by atoms with Crippen LogP contribution in [0.2, 0.25) is 0 Å². The SMILES string of the molecule is O=C(O)c1cc(S(=O)(=O)NC[C@H]2CCCO2)ccc1F. The fourth-order valence-electron chi connectivity index (χ4n) is 1.93. The monoisotopic (exact) mass is 303 g/mol. The third-order valence-electron chi connectivity index (χ3n) is 3.00. The zero-order valence-electron chi connectivity index (χ0n) is 10.5. The first-order valence-corrected chi connectivity index (χ1v) is 7.52. The van der Waals surface area contributed by atoms with Gasteiger partial charge in [-0.15, -0.1) is 0 Å². The molecule has 0 aromatic heterocycles. The predicted molar refractivity (Wildman–Crippen MR) is 67.5 cm³/mol. The van der Waals surface area contributed by atoms with Crippen LogP contribution < -0.4 is 4.72 Å². The molecule has 110 valence electrons. The second kappa shape index (κ2) is 5.86. The molecular formula is C12H14FNO5S. The summed E-state index contributed by atoms with van der Waals surface area (Å²) in [6, 6.07) is 2.65. The Morgan fingerprint density at radius 3 is 2.85 bits per heavy atom. The van der Waals surface area contributed by atoms with Gasteiger partial charge in [0.05, 0.1) is 16.6 Å². The first kappa shape index (κ1) is 14.9. The van der Waals surface area contributed by atoms with Crippen molar-refractivity contribution < 1.29 is 27.4 Å². The van der Waals surface area contributed by atoms with Gasteiger partial charge in [-0.25, -0.2) is 22.3 Å². The average Bonchev–Trinajstić information content (AvgIpc) is 2.89. The van der Waals surface area contributed by atoms with Crippen LogP contribution in [0.1, 0.15) is 23.2 Å². The minimum absolute atomic E-state index is 0.113. The van der Waals surface area contributed by atoms with Crippen molar-refractivity contribution in [2.75, 3.05) is 13.2 Å². The molecule has 1 heterocycles. The first-order valence-electron chi connectivity index (χ1n) is 6.04. The fourth-order valence-corrected chi connectivity index (χ4v) is 3.02. The number of nitrogens with one attached hydrogen (secondary N) is 1. The fraction of sp³-hybridized carbons (Fsp3) is 0.417. The number of aromatic carboxylic acids is 1. The molecule has 0 aliphatic carbocycles. The van der Waals surface area contributed by atoms with E-state index >= 15 is 0 Å². The number of benzene rings is 1. The predicted octanol–water partition coefficient (Wildman–Crippen LogP) is 0.981. The normalized spacial score (nSPS) is 19.1. The van der Waals surface area contributed by atoms with Gasteiger partial charge < -0.3 is 9.84 Å². The number of rotatable bonds is 5. The summed E-state index contributed by atoms with van der Waals surface area (Å²) in [5, 5.41) is 8.78. The van der Waals surface area contributed by atoms with Crippen molar-refractivity contribution in [1.29, 1.82) is 0 Å². The zero-order chi connectivity index (χ0) is 14.8. The van der Waals surface area contributed by atoms with Crippen molar-refractivity contribution >= 4 is 16.0 Å². The lowest BCUT2D eigenvalue weighted by Crippen LogP contribution is -2.32. The molecule has 1 aromatic carbocycles. The molecule has 20 heavy (non-hydrogen) atoms. The number of halogens is 1. The summed E-state index contributed by atoms with van der Waals surface area (Å²) in [6.07, 6.45) is 1.47. The van der Waals surface area contributed by atoms with E-state index in [1.807, 2.05) is 0 Å². The highest BCUT2D eigenvalue weighted by atomic mass is 32.2. The van der Waals surface area contributed by atoms with Crippen LogP contribution in [-0.2, 0) is 14.8 Å². The molecule has 1 aromatic rings. The molecule has 1 atom stereocenters. The summed E-state index contributed by atoms with van der Waals surface area (Å²) in [5.41, 5.74) is -0.676. The lowest BCUT2D eigenvalue weighted by atomic mass is 10.2. The van der Waals surface area contributed by atoms with Crippen LogP contribution >= 0.6 is 0 Å². The van der Waals surface area contributed by atoms with Gasteiger partial charge in [0.15, 0.2) is 0 Å². The van der Waals surface area contributed by atoms with Crippen molar-refractivity contribution in [3.05, 3.63) is 29.6 Å². The second-order valence-electron chi connectivity index (χ2n) is 4.43. The van der Waals surface area contributed by atoms with Gasteiger partial charge in [0.25, 0.3) is 0 Å². The number of hydrogen-bond acceptors (Lipinski definition) is 4. The van der Waals surface area contributed by atoms with E-state index in [1.165, 1.54) is 0 Å². The average molecular weight is 303 g/mol. The molecule has 0 saturated carbocycles. The Kier molecular flexibility index (Phi) is 4.36. The molecule has 0 amide bonds. The molecule has 0 radical (unpaired) electrons. The molecule has 1 aliphatic rings. The van der Waals surface area contributed by atoms with Gasteiger partial charge >= 0.3 is 5.97 Å². The molecule has 1 saturated heterocycles. The Balaban J connectivity index is 2.16. The van der Waals surface area contributed by atoms with Crippen LogP contribution in [0.15, 0.2) is 23.1 Å². The molecule has 0 unspecified atom stereocenters. The van der Waals surface area contributed by atoms with Crippen LogP contribution in [0, 0.1) is 5.82 Å². The number of sulfonamides is 1. The standard InChI is InChI=1S/C12H14FNO5S/c13-11-4-3-9(6-10(11)12(15)16)20(17,18)14-7-8-2-1-5-19-8/h3-4,6,8,14H,1-2,5,7H2,(H,15,16)/t8-/m1/s1.